The molecule has 0 bridgehead atoms. The van der Waals surface area contributed by atoms with Crippen molar-refractivity contribution in [3.05, 3.63) is 35.9 Å². The van der Waals surface area contributed by atoms with E-state index in [2.05, 4.69) is 50.0 Å². The molecule has 138 valence electrons. The average Bonchev–Trinajstić information content (AvgIpc) is 3.23. The third kappa shape index (κ3) is 4.24. The van der Waals surface area contributed by atoms with Gasteiger partial charge in [0.25, 0.3) is 0 Å². The van der Waals surface area contributed by atoms with E-state index in [0.29, 0.717) is 6.04 Å². The third-order valence-electron chi connectivity index (χ3n) is 4.87. The van der Waals surface area contributed by atoms with Gasteiger partial charge in [0.1, 0.15) is 0 Å². The summed E-state index contributed by atoms with van der Waals surface area (Å²) in [6, 6.07) is 11.1. The Balaban J connectivity index is 1.26. The highest BCUT2D eigenvalue weighted by Crippen LogP contribution is 2.37. The Morgan fingerprint density at radius 3 is 2.88 bits per heavy atom. The van der Waals surface area contributed by atoms with Gasteiger partial charge in [-0.25, -0.2) is 4.68 Å². The maximum atomic E-state index is 12.6. The fraction of sp³-hybridized carbons (Fsp3) is 0.556. The van der Waals surface area contributed by atoms with Crippen LogP contribution in [0.5, 0.6) is 0 Å². The molecule has 0 spiro atoms. The van der Waals surface area contributed by atoms with E-state index >= 15 is 0 Å². The van der Waals surface area contributed by atoms with Gasteiger partial charge in [-0.2, -0.15) is 0 Å². The molecule has 4 rings (SSSR count). The number of amides is 1. The van der Waals surface area contributed by atoms with Gasteiger partial charge in [-0.1, -0.05) is 42.1 Å². The predicted molar refractivity (Wildman–Crippen MR) is 99.7 cm³/mol. The van der Waals surface area contributed by atoms with Gasteiger partial charge in [-0.05, 0) is 42.2 Å². The number of benzene rings is 1. The highest BCUT2D eigenvalue weighted by Gasteiger charge is 2.30. The van der Waals surface area contributed by atoms with E-state index in [-0.39, 0.29) is 17.2 Å². The van der Waals surface area contributed by atoms with Gasteiger partial charge >= 0.3 is 0 Å². The topological polar surface area (TPSA) is 75.9 Å². The van der Waals surface area contributed by atoms with Crippen molar-refractivity contribution in [3.8, 4) is 0 Å². The molecule has 1 amide bonds. The highest BCUT2D eigenvalue weighted by atomic mass is 32.2. The zero-order valence-corrected chi connectivity index (χ0v) is 15.7. The number of nitrogens with one attached hydrogen (secondary N) is 1. The van der Waals surface area contributed by atoms with Crippen LogP contribution in [0.1, 0.15) is 37.8 Å². The second-order valence-corrected chi connectivity index (χ2v) is 8.42. The molecule has 26 heavy (non-hydrogen) atoms. The van der Waals surface area contributed by atoms with Gasteiger partial charge < -0.3 is 5.32 Å². The molecule has 2 fully saturated rings. The molecule has 7 nitrogen and oxygen atoms in total. The minimum atomic E-state index is -0.207. The molecule has 1 saturated heterocycles. The molecular weight excluding hydrogens is 348 g/mol. The second-order valence-electron chi connectivity index (χ2n) is 7.11. The van der Waals surface area contributed by atoms with Crippen molar-refractivity contribution in [2.24, 2.45) is 0 Å². The second kappa shape index (κ2) is 7.75. The number of carbonyl (C=O) groups is 1. The summed E-state index contributed by atoms with van der Waals surface area (Å²) in [6.07, 6.45) is 3.24. The van der Waals surface area contributed by atoms with Crippen LogP contribution < -0.4 is 5.32 Å². The number of hydrogen-bond acceptors (Lipinski definition) is 6. The Bertz CT molecular complexity index is 747. The van der Waals surface area contributed by atoms with Gasteiger partial charge in [-0.15, -0.1) is 5.10 Å². The zero-order chi connectivity index (χ0) is 17.9. The number of aromatic nitrogens is 4. The van der Waals surface area contributed by atoms with E-state index in [0.717, 1.165) is 44.1 Å². The Morgan fingerprint density at radius 1 is 1.31 bits per heavy atom. The van der Waals surface area contributed by atoms with Gasteiger partial charge in [0, 0.05) is 25.7 Å². The van der Waals surface area contributed by atoms with Crippen LogP contribution in [0.3, 0.4) is 0 Å². The number of rotatable bonds is 7. The van der Waals surface area contributed by atoms with Gasteiger partial charge in [0.15, 0.2) is 0 Å². The Hall–Kier alpha value is -1.93. The first kappa shape index (κ1) is 17.5. The molecule has 0 radical (unpaired) electrons. The number of tetrazole rings is 1. The largest absolute Gasteiger partial charge is 0.351 e. The number of carbonyl (C=O) groups excluding carboxylic acids is 1. The summed E-state index contributed by atoms with van der Waals surface area (Å²) in [5.74, 6) is 0.0620. The molecule has 1 aliphatic carbocycles. The standard InChI is InChI=1S/C18H24N6OS/c1-13(26-18-20-21-22-24(18)16-7-8-16)17(25)19-15-9-10-23(12-15)11-14-5-3-2-4-6-14/h2-6,13,15-16H,7-12H2,1H3,(H,19,25). The molecule has 1 aromatic carbocycles. The van der Waals surface area contributed by atoms with E-state index < -0.39 is 0 Å². The van der Waals surface area contributed by atoms with Crippen molar-refractivity contribution in [2.75, 3.05) is 13.1 Å². The Labute approximate surface area is 157 Å². The summed E-state index contributed by atoms with van der Waals surface area (Å²) in [6.45, 7) is 4.77. The first-order chi connectivity index (χ1) is 12.7. The average molecular weight is 372 g/mol. The molecule has 1 N–H and O–H groups in total. The normalized spacial score (nSPS) is 21.7. The van der Waals surface area contributed by atoms with Crippen LogP contribution in [-0.4, -0.2) is 55.4 Å². The van der Waals surface area contributed by atoms with Gasteiger partial charge in [-0.3, -0.25) is 9.69 Å². The summed E-state index contributed by atoms with van der Waals surface area (Å²) in [7, 11) is 0. The first-order valence-corrected chi connectivity index (χ1v) is 10.1. The highest BCUT2D eigenvalue weighted by molar-refractivity contribution is 8.00. The summed E-state index contributed by atoms with van der Waals surface area (Å²) in [4.78, 5) is 15.0. The molecule has 2 aromatic rings. The molecule has 8 heteroatoms. The van der Waals surface area contributed by atoms with Gasteiger partial charge in [0.2, 0.25) is 11.1 Å². The minimum absolute atomic E-state index is 0.0620. The quantitative estimate of drug-likeness (QED) is 0.748. The summed E-state index contributed by atoms with van der Waals surface area (Å²) >= 11 is 1.44. The van der Waals surface area contributed by atoms with E-state index in [1.54, 1.807) is 0 Å². The SMILES string of the molecule is CC(Sc1nnnn1C1CC1)C(=O)NC1CCN(Cc2ccccc2)C1. The van der Waals surface area contributed by atoms with Crippen molar-refractivity contribution >= 4 is 17.7 Å². The summed E-state index contributed by atoms with van der Waals surface area (Å²) in [5.41, 5.74) is 1.32. The van der Waals surface area contributed by atoms with Crippen LogP contribution in [0, 0.1) is 0 Å². The van der Waals surface area contributed by atoms with E-state index in [9.17, 15) is 4.79 Å². The minimum Gasteiger partial charge on any atom is -0.351 e. The van der Waals surface area contributed by atoms with Crippen molar-refractivity contribution in [3.63, 3.8) is 0 Å². The summed E-state index contributed by atoms with van der Waals surface area (Å²) in [5, 5.41) is 15.6. The third-order valence-corrected chi connectivity index (χ3v) is 5.92. The van der Waals surface area contributed by atoms with E-state index in [4.69, 9.17) is 0 Å². The lowest BCUT2D eigenvalue weighted by Crippen LogP contribution is -2.40. The lowest BCUT2D eigenvalue weighted by atomic mass is 10.2. The maximum Gasteiger partial charge on any atom is 0.233 e. The van der Waals surface area contributed by atoms with Crippen LogP contribution in [0.2, 0.25) is 0 Å². The van der Waals surface area contributed by atoms with Crippen molar-refractivity contribution in [2.45, 2.75) is 55.2 Å². The van der Waals surface area contributed by atoms with Crippen LogP contribution in [0.15, 0.2) is 35.5 Å². The van der Waals surface area contributed by atoms with Crippen molar-refractivity contribution in [1.29, 1.82) is 0 Å². The van der Waals surface area contributed by atoms with Crippen molar-refractivity contribution < 1.29 is 4.79 Å². The molecule has 1 aliphatic heterocycles. The maximum absolute atomic E-state index is 12.6. The fourth-order valence-electron chi connectivity index (χ4n) is 3.28. The molecule has 1 saturated carbocycles. The zero-order valence-electron chi connectivity index (χ0n) is 14.9. The number of likely N-dealkylation sites (tertiary alicyclic amines) is 1. The van der Waals surface area contributed by atoms with E-state index in [1.807, 2.05) is 17.7 Å². The van der Waals surface area contributed by atoms with Crippen LogP contribution in [-0.2, 0) is 11.3 Å². The van der Waals surface area contributed by atoms with Crippen LogP contribution in [0.25, 0.3) is 0 Å². The molecule has 1 aromatic heterocycles. The lowest BCUT2D eigenvalue weighted by molar-refractivity contribution is -0.120. The molecule has 2 heterocycles. The first-order valence-electron chi connectivity index (χ1n) is 9.20. The fourth-order valence-corrected chi connectivity index (χ4v) is 4.15. The van der Waals surface area contributed by atoms with Crippen LogP contribution in [0.4, 0.5) is 0 Å². The van der Waals surface area contributed by atoms with Gasteiger partial charge in [0.05, 0.1) is 11.3 Å². The molecule has 2 aliphatic rings. The summed E-state index contributed by atoms with van der Waals surface area (Å²) < 4.78 is 1.85. The molecule has 2 unspecified atom stereocenters. The predicted octanol–water partition coefficient (Wildman–Crippen LogP) is 1.88. The monoisotopic (exact) mass is 372 g/mol. The van der Waals surface area contributed by atoms with Crippen molar-refractivity contribution in [1.82, 2.24) is 30.4 Å². The number of nitrogens with zero attached hydrogens (tertiary/aromatic N) is 5. The van der Waals surface area contributed by atoms with Crippen LogP contribution >= 0.6 is 11.8 Å². The number of thioether (sulfide) groups is 1. The number of hydrogen-bond donors (Lipinski definition) is 1. The van der Waals surface area contributed by atoms with E-state index in [1.165, 1.54) is 17.3 Å². The molecule has 2 atom stereocenters. The molecular formula is C18H24N6OS. The Morgan fingerprint density at radius 2 is 2.12 bits per heavy atom. The lowest BCUT2D eigenvalue weighted by Gasteiger charge is -2.18. The smallest absolute Gasteiger partial charge is 0.233 e. The Kier molecular flexibility index (Phi) is 5.21.